The van der Waals surface area contributed by atoms with Gasteiger partial charge in [0.15, 0.2) is 0 Å². The summed E-state index contributed by atoms with van der Waals surface area (Å²) in [6.45, 7) is 1.79. The molecule has 1 aromatic heterocycles. The number of benzene rings is 3. The molecular weight excluding hydrogens is 381 g/mol. The molecule has 4 aromatic rings. The van der Waals surface area contributed by atoms with Crippen molar-refractivity contribution in [1.29, 1.82) is 0 Å². The van der Waals surface area contributed by atoms with Crippen LogP contribution < -0.4 is 10.1 Å². The molecule has 150 valence electrons. The molecule has 6 heteroatoms. The highest BCUT2D eigenvalue weighted by atomic mass is 19.1. The Morgan fingerprint density at radius 1 is 1.03 bits per heavy atom. The number of carbonyl (C=O) groups is 1. The molecular formula is C24H20FN3O2. The first kappa shape index (κ1) is 19.4. The van der Waals surface area contributed by atoms with E-state index in [1.165, 1.54) is 6.07 Å². The topological polar surface area (TPSA) is 56.2 Å². The van der Waals surface area contributed by atoms with Crippen LogP contribution in [0.3, 0.4) is 0 Å². The summed E-state index contributed by atoms with van der Waals surface area (Å²) < 4.78 is 22.3. The normalized spacial score (nSPS) is 11.7. The molecule has 0 spiro atoms. The summed E-state index contributed by atoms with van der Waals surface area (Å²) >= 11 is 0. The number of halogens is 1. The van der Waals surface area contributed by atoms with Crippen LogP contribution in [0.5, 0.6) is 5.75 Å². The maximum Gasteiger partial charge on any atom is 0.270 e. The van der Waals surface area contributed by atoms with Crippen molar-refractivity contribution in [3.05, 3.63) is 108 Å². The van der Waals surface area contributed by atoms with Gasteiger partial charge in [-0.2, -0.15) is 0 Å². The van der Waals surface area contributed by atoms with Gasteiger partial charge in [-0.15, -0.1) is 0 Å². The van der Waals surface area contributed by atoms with Crippen molar-refractivity contribution in [3.8, 4) is 11.4 Å². The van der Waals surface area contributed by atoms with Crippen molar-refractivity contribution in [2.24, 2.45) is 0 Å². The first-order chi connectivity index (χ1) is 14.6. The number of aromatic nitrogens is 2. The quantitative estimate of drug-likeness (QED) is 0.490. The third-order valence-electron chi connectivity index (χ3n) is 4.64. The number of carbonyl (C=O) groups excluding carboxylic acids is 1. The van der Waals surface area contributed by atoms with Crippen LogP contribution in [-0.4, -0.2) is 15.5 Å². The molecule has 1 N–H and O–H groups in total. The molecule has 0 radical (unpaired) electrons. The number of hydrogen-bond donors (Lipinski definition) is 1. The zero-order chi connectivity index (χ0) is 20.9. The summed E-state index contributed by atoms with van der Waals surface area (Å²) in [5.74, 6) is 0.384. The fourth-order valence-electron chi connectivity index (χ4n) is 3.16. The second kappa shape index (κ2) is 8.61. The highest BCUT2D eigenvalue weighted by molar-refractivity contribution is 5.95. The minimum absolute atomic E-state index is 0.344. The zero-order valence-corrected chi connectivity index (χ0v) is 16.3. The molecule has 4 rings (SSSR count). The summed E-state index contributed by atoms with van der Waals surface area (Å²) in [7, 11) is 0. The van der Waals surface area contributed by atoms with Gasteiger partial charge in [0.2, 0.25) is 6.10 Å². The zero-order valence-electron chi connectivity index (χ0n) is 16.3. The number of imidazole rings is 1. The van der Waals surface area contributed by atoms with E-state index in [9.17, 15) is 9.18 Å². The average molecular weight is 401 g/mol. The van der Waals surface area contributed by atoms with Gasteiger partial charge in [0, 0.05) is 23.6 Å². The molecule has 1 amide bonds. The van der Waals surface area contributed by atoms with Crippen LogP contribution in [0.4, 0.5) is 10.1 Å². The standard InChI is InChI=1S/C24H20FN3O2/c1-17-26-14-15-28(17)22-13-12-19(16-21(22)25)27-24(29)23(18-8-4-2-5-9-18)30-20-10-6-3-7-11-20/h2-16,23H,1H3,(H,27,29). The summed E-state index contributed by atoms with van der Waals surface area (Å²) in [5.41, 5.74) is 1.41. The Balaban J connectivity index is 1.58. The van der Waals surface area contributed by atoms with Gasteiger partial charge in [0.25, 0.3) is 5.91 Å². The minimum atomic E-state index is -0.882. The Kier molecular flexibility index (Phi) is 5.57. The highest BCUT2D eigenvalue weighted by Crippen LogP contribution is 2.25. The molecule has 0 saturated heterocycles. The van der Waals surface area contributed by atoms with Gasteiger partial charge in [-0.1, -0.05) is 48.5 Å². The smallest absolute Gasteiger partial charge is 0.270 e. The van der Waals surface area contributed by atoms with Gasteiger partial charge in [-0.05, 0) is 37.3 Å². The number of ether oxygens (including phenoxy) is 1. The Bertz CT molecular complexity index is 1140. The molecule has 1 unspecified atom stereocenters. The molecule has 0 bridgehead atoms. The summed E-state index contributed by atoms with van der Waals surface area (Å²) in [6, 6.07) is 22.8. The predicted octanol–water partition coefficient (Wildman–Crippen LogP) is 5.08. The van der Waals surface area contributed by atoms with Crippen molar-refractivity contribution >= 4 is 11.6 Å². The second-order valence-electron chi connectivity index (χ2n) is 6.72. The summed E-state index contributed by atoms with van der Waals surface area (Å²) in [4.78, 5) is 17.1. The van der Waals surface area contributed by atoms with E-state index in [4.69, 9.17) is 4.74 Å². The molecule has 0 fully saturated rings. The maximum atomic E-state index is 14.7. The Morgan fingerprint density at radius 3 is 2.37 bits per heavy atom. The number of amides is 1. The first-order valence-corrected chi connectivity index (χ1v) is 9.49. The van der Waals surface area contributed by atoms with Gasteiger partial charge >= 0.3 is 0 Å². The Morgan fingerprint density at radius 2 is 1.73 bits per heavy atom. The van der Waals surface area contributed by atoms with Gasteiger partial charge in [0.1, 0.15) is 17.4 Å². The number of anilines is 1. The fraction of sp³-hybridized carbons (Fsp3) is 0.0833. The molecule has 0 aliphatic heterocycles. The van der Waals surface area contributed by atoms with Crippen molar-refractivity contribution in [2.75, 3.05) is 5.32 Å². The maximum absolute atomic E-state index is 14.7. The molecule has 0 aliphatic rings. The molecule has 0 aliphatic carbocycles. The van der Waals surface area contributed by atoms with Crippen LogP contribution in [0.1, 0.15) is 17.5 Å². The van der Waals surface area contributed by atoms with E-state index in [0.717, 1.165) is 0 Å². The van der Waals surface area contributed by atoms with Gasteiger partial charge in [-0.3, -0.25) is 4.79 Å². The van der Waals surface area contributed by atoms with Gasteiger partial charge in [0.05, 0.1) is 5.69 Å². The lowest BCUT2D eigenvalue weighted by atomic mass is 10.1. The molecule has 5 nitrogen and oxygen atoms in total. The number of nitrogens with zero attached hydrogens (tertiary/aromatic N) is 2. The van der Waals surface area contributed by atoms with E-state index in [2.05, 4.69) is 10.3 Å². The average Bonchev–Trinajstić information content (AvgIpc) is 3.19. The van der Waals surface area contributed by atoms with Crippen LogP contribution >= 0.6 is 0 Å². The lowest BCUT2D eigenvalue weighted by Crippen LogP contribution is -2.25. The molecule has 1 heterocycles. The van der Waals surface area contributed by atoms with Crippen LogP contribution in [0, 0.1) is 12.7 Å². The van der Waals surface area contributed by atoms with Crippen LogP contribution in [0.15, 0.2) is 91.3 Å². The van der Waals surface area contributed by atoms with Crippen LogP contribution in [0.2, 0.25) is 0 Å². The third-order valence-corrected chi connectivity index (χ3v) is 4.64. The second-order valence-corrected chi connectivity index (χ2v) is 6.72. The molecule has 30 heavy (non-hydrogen) atoms. The van der Waals surface area contributed by atoms with Crippen LogP contribution in [0.25, 0.3) is 5.69 Å². The SMILES string of the molecule is Cc1nccn1-c1ccc(NC(=O)C(Oc2ccccc2)c2ccccc2)cc1F. The number of nitrogens with one attached hydrogen (secondary N) is 1. The van der Waals surface area contributed by atoms with E-state index in [1.54, 1.807) is 48.1 Å². The highest BCUT2D eigenvalue weighted by Gasteiger charge is 2.23. The Labute approximate surface area is 173 Å². The van der Waals surface area contributed by atoms with Gasteiger partial charge in [-0.25, -0.2) is 9.37 Å². The third kappa shape index (κ3) is 4.22. The molecule has 0 saturated carbocycles. The minimum Gasteiger partial charge on any atom is -0.476 e. The lowest BCUT2D eigenvalue weighted by Gasteiger charge is -2.19. The Hall–Kier alpha value is -3.93. The van der Waals surface area contributed by atoms with Crippen molar-refractivity contribution in [3.63, 3.8) is 0 Å². The van der Waals surface area contributed by atoms with Gasteiger partial charge < -0.3 is 14.6 Å². The van der Waals surface area contributed by atoms with E-state index in [-0.39, 0.29) is 0 Å². The monoisotopic (exact) mass is 401 g/mol. The van der Waals surface area contributed by atoms with E-state index in [1.807, 2.05) is 48.5 Å². The molecule has 1 atom stereocenters. The lowest BCUT2D eigenvalue weighted by molar-refractivity contribution is -0.123. The summed E-state index contributed by atoms with van der Waals surface area (Å²) in [5, 5.41) is 2.76. The van der Waals surface area contributed by atoms with Crippen molar-refractivity contribution < 1.29 is 13.9 Å². The van der Waals surface area contributed by atoms with Crippen molar-refractivity contribution in [2.45, 2.75) is 13.0 Å². The number of para-hydroxylation sites is 1. The number of rotatable bonds is 6. The fourth-order valence-corrected chi connectivity index (χ4v) is 3.16. The predicted molar refractivity (Wildman–Crippen MR) is 113 cm³/mol. The number of aryl methyl sites for hydroxylation is 1. The number of hydrogen-bond acceptors (Lipinski definition) is 3. The summed E-state index contributed by atoms with van der Waals surface area (Å²) in [6.07, 6.45) is 2.41. The van der Waals surface area contributed by atoms with E-state index in [0.29, 0.717) is 28.5 Å². The molecule has 3 aromatic carbocycles. The van der Waals surface area contributed by atoms with E-state index < -0.39 is 17.8 Å². The first-order valence-electron chi connectivity index (χ1n) is 9.49. The van der Waals surface area contributed by atoms with E-state index >= 15 is 0 Å². The largest absolute Gasteiger partial charge is 0.476 e. The van der Waals surface area contributed by atoms with Crippen molar-refractivity contribution in [1.82, 2.24) is 9.55 Å². The van der Waals surface area contributed by atoms with Crippen LogP contribution in [-0.2, 0) is 4.79 Å².